The van der Waals surface area contributed by atoms with E-state index in [1.165, 1.54) is 0 Å². The first-order valence-corrected chi connectivity index (χ1v) is 6.44. The Morgan fingerprint density at radius 2 is 1.53 bits per heavy atom. The molecule has 0 unspecified atom stereocenters. The maximum Gasteiger partial charge on any atom is 0.203 e. The van der Waals surface area contributed by atoms with Crippen LogP contribution in [-0.4, -0.2) is 31.1 Å². The summed E-state index contributed by atoms with van der Waals surface area (Å²) < 4.78 is 10.5. The lowest BCUT2D eigenvalue weighted by Gasteiger charge is -2.15. The maximum absolute atomic E-state index is 11.6. The van der Waals surface area contributed by atoms with Gasteiger partial charge in [-0.2, -0.15) is 0 Å². The van der Waals surface area contributed by atoms with Gasteiger partial charge < -0.3 is 9.47 Å². The van der Waals surface area contributed by atoms with Crippen molar-refractivity contribution >= 4 is 11.6 Å². The van der Waals surface area contributed by atoms with Crippen molar-refractivity contribution in [1.82, 2.24) is 0 Å². The van der Waals surface area contributed by atoms with Crippen LogP contribution in [0.25, 0.3) is 0 Å². The van der Waals surface area contributed by atoms with Crippen molar-refractivity contribution in [3.05, 3.63) is 0 Å². The average Bonchev–Trinajstić information content (AvgIpc) is 2.29. The van der Waals surface area contributed by atoms with Crippen LogP contribution >= 0.6 is 0 Å². The van der Waals surface area contributed by atoms with Crippen LogP contribution < -0.4 is 0 Å². The molecule has 0 aromatic carbocycles. The van der Waals surface area contributed by atoms with Gasteiger partial charge in [0.05, 0.1) is 6.42 Å². The van der Waals surface area contributed by atoms with Gasteiger partial charge in [-0.05, 0) is 20.3 Å². The molecule has 17 heavy (non-hydrogen) atoms. The fourth-order valence-corrected chi connectivity index (χ4v) is 1.48. The number of carbonyl (C=O) groups is 2. The summed E-state index contributed by atoms with van der Waals surface area (Å²) in [7, 11) is 0. The van der Waals surface area contributed by atoms with Gasteiger partial charge in [0.15, 0.2) is 12.1 Å². The summed E-state index contributed by atoms with van der Waals surface area (Å²) in [5, 5.41) is 0. The quantitative estimate of drug-likeness (QED) is 0.318. The van der Waals surface area contributed by atoms with E-state index in [0.29, 0.717) is 19.6 Å². The van der Waals surface area contributed by atoms with Gasteiger partial charge >= 0.3 is 0 Å². The van der Waals surface area contributed by atoms with Gasteiger partial charge in [0.25, 0.3) is 0 Å². The first-order valence-electron chi connectivity index (χ1n) is 6.44. The number of hydrogen-bond acceptors (Lipinski definition) is 4. The van der Waals surface area contributed by atoms with Gasteiger partial charge in [0.1, 0.15) is 0 Å². The topological polar surface area (TPSA) is 52.6 Å². The molecule has 0 aliphatic heterocycles. The van der Waals surface area contributed by atoms with Crippen LogP contribution in [0.3, 0.4) is 0 Å². The highest BCUT2D eigenvalue weighted by Gasteiger charge is 2.19. The molecule has 0 N–H and O–H groups in total. The van der Waals surface area contributed by atoms with E-state index in [4.69, 9.17) is 9.47 Å². The molecule has 4 heteroatoms. The molecule has 0 spiro atoms. The van der Waals surface area contributed by atoms with Crippen molar-refractivity contribution in [1.29, 1.82) is 0 Å². The average molecular weight is 244 g/mol. The molecular weight excluding hydrogens is 220 g/mol. The first-order chi connectivity index (χ1) is 8.15. The van der Waals surface area contributed by atoms with Crippen LogP contribution in [0.2, 0.25) is 0 Å². The normalized spacial score (nSPS) is 10.8. The summed E-state index contributed by atoms with van der Waals surface area (Å²) in [5.74, 6) is -0.684. The fraction of sp³-hybridized carbons (Fsp3) is 0.846. The molecule has 0 atom stereocenters. The molecule has 0 saturated heterocycles. The minimum atomic E-state index is -0.576. The summed E-state index contributed by atoms with van der Waals surface area (Å²) in [6.07, 6.45) is 2.62. The van der Waals surface area contributed by atoms with E-state index in [2.05, 4.69) is 6.92 Å². The van der Waals surface area contributed by atoms with Crippen LogP contribution in [0.1, 0.15) is 52.9 Å². The number of rotatable bonds is 11. The van der Waals surface area contributed by atoms with E-state index >= 15 is 0 Å². The molecule has 0 fully saturated rings. The molecule has 100 valence electrons. The van der Waals surface area contributed by atoms with Crippen molar-refractivity contribution < 1.29 is 19.1 Å². The maximum atomic E-state index is 11.6. The largest absolute Gasteiger partial charge is 0.352 e. The lowest BCUT2D eigenvalue weighted by molar-refractivity contribution is -0.156. The van der Waals surface area contributed by atoms with E-state index < -0.39 is 6.29 Å². The molecule has 0 saturated carbocycles. The number of unbranched alkanes of at least 4 members (excludes halogenated alkanes) is 2. The standard InChI is InChI=1S/C13H24O4/c1-4-7-8-9-11(14)12(15)10-13(16-5-2)17-6-3/h13H,4-10H2,1-3H3. The van der Waals surface area contributed by atoms with Gasteiger partial charge in [-0.3, -0.25) is 9.59 Å². The Morgan fingerprint density at radius 3 is 2.00 bits per heavy atom. The minimum absolute atomic E-state index is 0.0344. The lowest BCUT2D eigenvalue weighted by atomic mass is 10.1. The summed E-state index contributed by atoms with van der Waals surface area (Å²) in [4.78, 5) is 23.1. The van der Waals surface area contributed by atoms with Crippen molar-refractivity contribution in [2.45, 2.75) is 59.2 Å². The fourth-order valence-electron chi connectivity index (χ4n) is 1.48. The van der Waals surface area contributed by atoms with Gasteiger partial charge in [0, 0.05) is 19.6 Å². The first kappa shape index (κ1) is 16.3. The number of ketones is 2. The Morgan fingerprint density at radius 1 is 0.941 bits per heavy atom. The Hall–Kier alpha value is -0.740. The summed E-state index contributed by atoms with van der Waals surface area (Å²) >= 11 is 0. The minimum Gasteiger partial charge on any atom is -0.352 e. The van der Waals surface area contributed by atoms with Crippen LogP contribution in [0.5, 0.6) is 0 Å². The van der Waals surface area contributed by atoms with Crippen LogP contribution in [0, 0.1) is 0 Å². The van der Waals surface area contributed by atoms with Crippen molar-refractivity contribution in [2.24, 2.45) is 0 Å². The predicted octanol–water partition coefficient (Wildman–Crippen LogP) is 2.49. The monoisotopic (exact) mass is 244 g/mol. The number of carbonyl (C=O) groups excluding carboxylic acids is 2. The third kappa shape index (κ3) is 8.05. The second kappa shape index (κ2) is 10.4. The van der Waals surface area contributed by atoms with Crippen LogP contribution in [0.4, 0.5) is 0 Å². The van der Waals surface area contributed by atoms with E-state index in [1.54, 1.807) is 0 Å². The highest BCUT2D eigenvalue weighted by Crippen LogP contribution is 2.06. The van der Waals surface area contributed by atoms with Gasteiger partial charge in [-0.25, -0.2) is 0 Å². The molecule has 0 aliphatic rings. The Bertz CT molecular complexity index is 219. The molecule has 0 bridgehead atoms. The molecular formula is C13H24O4. The van der Waals surface area contributed by atoms with E-state index in [9.17, 15) is 9.59 Å². The summed E-state index contributed by atoms with van der Waals surface area (Å²) in [6, 6.07) is 0. The molecule has 0 aromatic rings. The Kier molecular flexibility index (Phi) is 9.96. The SMILES string of the molecule is CCCCCC(=O)C(=O)CC(OCC)OCC. The van der Waals surface area contributed by atoms with E-state index in [1.807, 2.05) is 13.8 Å². The van der Waals surface area contributed by atoms with Crippen LogP contribution in [-0.2, 0) is 19.1 Å². The van der Waals surface area contributed by atoms with E-state index in [-0.39, 0.29) is 18.0 Å². The van der Waals surface area contributed by atoms with E-state index in [0.717, 1.165) is 19.3 Å². The zero-order valence-electron chi connectivity index (χ0n) is 11.2. The predicted molar refractivity (Wildman–Crippen MR) is 65.8 cm³/mol. The second-order valence-electron chi connectivity index (χ2n) is 3.85. The van der Waals surface area contributed by atoms with Gasteiger partial charge in [-0.15, -0.1) is 0 Å². The van der Waals surface area contributed by atoms with Gasteiger partial charge in [0.2, 0.25) is 5.78 Å². The highest BCUT2D eigenvalue weighted by atomic mass is 16.7. The Balaban J connectivity index is 3.97. The molecule has 0 aliphatic carbocycles. The number of Topliss-reactive ketones (excluding diaryl/α,β-unsaturated/α-hetero) is 2. The second-order valence-corrected chi connectivity index (χ2v) is 3.85. The smallest absolute Gasteiger partial charge is 0.203 e. The number of hydrogen-bond donors (Lipinski definition) is 0. The van der Waals surface area contributed by atoms with Crippen molar-refractivity contribution in [2.75, 3.05) is 13.2 Å². The zero-order chi connectivity index (χ0) is 13.1. The lowest BCUT2D eigenvalue weighted by Crippen LogP contribution is -2.25. The molecule has 0 amide bonds. The summed E-state index contributed by atoms with van der Waals surface area (Å²) in [6.45, 7) is 6.68. The van der Waals surface area contributed by atoms with Crippen molar-refractivity contribution in [3.8, 4) is 0 Å². The molecule has 0 radical (unpaired) electrons. The Labute approximate surface area is 104 Å². The zero-order valence-corrected chi connectivity index (χ0v) is 11.2. The van der Waals surface area contributed by atoms with Gasteiger partial charge in [-0.1, -0.05) is 19.8 Å². The summed E-state index contributed by atoms with van der Waals surface area (Å²) in [5.41, 5.74) is 0. The third-order valence-electron chi connectivity index (χ3n) is 2.38. The molecule has 0 aromatic heterocycles. The highest BCUT2D eigenvalue weighted by molar-refractivity contribution is 6.37. The molecule has 0 rings (SSSR count). The third-order valence-corrected chi connectivity index (χ3v) is 2.38. The molecule has 4 nitrogen and oxygen atoms in total. The van der Waals surface area contributed by atoms with Crippen LogP contribution in [0.15, 0.2) is 0 Å². The van der Waals surface area contributed by atoms with Crippen molar-refractivity contribution in [3.63, 3.8) is 0 Å². The number of ether oxygens (including phenoxy) is 2. The molecule has 0 heterocycles.